The molecule has 3 nitrogen and oxygen atoms in total. The Labute approximate surface area is 127 Å². The van der Waals surface area contributed by atoms with Crippen LogP contribution >= 0.6 is 0 Å². The van der Waals surface area contributed by atoms with Crippen molar-refractivity contribution >= 4 is 16.7 Å². The standard InChI is InChI=1S/C17H19NO2S/c1-13-6-3-4-8-16(13)11-18-17(19)15-9-5-7-14(10-15)12-21(2)20/h3-10H,11-12H2,1-2H3,(H,18,19)/t21-/m1/s1. The molecule has 0 bridgehead atoms. The maximum Gasteiger partial charge on any atom is 0.251 e. The van der Waals surface area contributed by atoms with E-state index in [2.05, 4.69) is 5.32 Å². The first-order valence-corrected chi connectivity index (χ1v) is 8.50. The molecule has 0 saturated heterocycles. The lowest BCUT2D eigenvalue weighted by atomic mass is 10.1. The first kappa shape index (κ1) is 15.4. The fraction of sp³-hybridized carbons (Fsp3) is 0.235. The van der Waals surface area contributed by atoms with E-state index in [0.29, 0.717) is 17.9 Å². The average Bonchev–Trinajstić information content (AvgIpc) is 2.45. The van der Waals surface area contributed by atoms with Gasteiger partial charge in [0.25, 0.3) is 5.91 Å². The van der Waals surface area contributed by atoms with Gasteiger partial charge in [-0.1, -0.05) is 36.4 Å². The van der Waals surface area contributed by atoms with Crippen LogP contribution in [0.5, 0.6) is 0 Å². The lowest BCUT2D eigenvalue weighted by molar-refractivity contribution is 0.0951. The molecule has 21 heavy (non-hydrogen) atoms. The Morgan fingerprint density at radius 1 is 1.14 bits per heavy atom. The van der Waals surface area contributed by atoms with E-state index in [4.69, 9.17) is 0 Å². The molecule has 0 aliphatic heterocycles. The molecule has 1 N–H and O–H groups in total. The van der Waals surface area contributed by atoms with Crippen LogP contribution in [-0.4, -0.2) is 16.4 Å². The third-order valence-corrected chi connectivity index (χ3v) is 4.00. The highest BCUT2D eigenvalue weighted by molar-refractivity contribution is 7.83. The number of hydrogen-bond donors (Lipinski definition) is 1. The van der Waals surface area contributed by atoms with Gasteiger partial charge in [0.05, 0.1) is 0 Å². The van der Waals surface area contributed by atoms with Gasteiger partial charge in [-0.2, -0.15) is 0 Å². The van der Waals surface area contributed by atoms with Crippen LogP contribution in [0.4, 0.5) is 0 Å². The average molecular weight is 301 g/mol. The van der Waals surface area contributed by atoms with Crippen molar-refractivity contribution < 1.29 is 9.00 Å². The van der Waals surface area contributed by atoms with Crippen molar-refractivity contribution in [1.29, 1.82) is 0 Å². The molecule has 4 heteroatoms. The molecule has 110 valence electrons. The molecule has 0 heterocycles. The minimum absolute atomic E-state index is 0.109. The van der Waals surface area contributed by atoms with Crippen LogP contribution in [-0.2, 0) is 23.1 Å². The van der Waals surface area contributed by atoms with E-state index in [9.17, 15) is 9.00 Å². The smallest absolute Gasteiger partial charge is 0.251 e. The van der Waals surface area contributed by atoms with Gasteiger partial charge in [-0.15, -0.1) is 0 Å². The fourth-order valence-corrected chi connectivity index (χ4v) is 2.77. The molecular weight excluding hydrogens is 282 g/mol. The van der Waals surface area contributed by atoms with Crippen molar-refractivity contribution in [3.63, 3.8) is 0 Å². The van der Waals surface area contributed by atoms with Crippen molar-refractivity contribution in [2.45, 2.75) is 19.2 Å². The van der Waals surface area contributed by atoms with Gasteiger partial charge in [0.2, 0.25) is 0 Å². The summed E-state index contributed by atoms with van der Waals surface area (Å²) in [5, 5.41) is 2.92. The highest BCUT2D eigenvalue weighted by Crippen LogP contribution is 2.09. The predicted molar refractivity (Wildman–Crippen MR) is 86.6 cm³/mol. The lowest BCUT2D eigenvalue weighted by Gasteiger charge is -2.08. The quantitative estimate of drug-likeness (QED) is 0.923. The first-order chi connectivity index (χ1) is 10.1. The molecule has 0 aromatic heterocycles. The normalized spacial score (nSPS) is 11.9. The number of rotatable bonds is 5. The molecular formula is C17H19NO2S. The topological polar surface area (TPSA) is 46.2 Å². The second kappa shape index (κ2) is 7.18. The zero-order valence-corrected chi connectivity index (χ0v) is 13.1. The Kier molecular flexibility index (Phi) is 5.28. The number of aryl methyl sites for hydroxylation is 1. The fourth-order valence-electron chi connectivity index (χ4n) is 2.12. The molecule has 0 unspecified atom stereocenters. The van der Waals surface area contributed by atoms with E-state index in [1.54, 1.807) is 18.4 Å². The van der Waals surface area contributed by atoms with E-state index in [1.165, 1.54) is 0 Å². The molecule has 1 amide bonds. The summed E-state index contributed by atoms with van der Waals surface area (Å²) < 4.78 is 11.3. The molecule has 2 aromatic rings. The van der Waals surface area contributed by atoms with Gasteiger partial charge in [-0.25, -0.2) is 0 Å². The van der Waals surface area contributed by atoms with Crippen molar-refractivity contribution in [2.75, 3.05) is 6.26 Å². The van der Waals surface area contributed by atoms with Crippen LogP contribution in [0, 0.1) is 6.92 Å². The van der Waals surface area contributed by atoms with Crippen LogP contribution in [0.25, 0.3) is 0 Å². The Bertz CT molecular complexity index is 667. The summed E-state index contributed by atoms with van der Waals surface area (Å²) in [4.78, 5) is 12.2. The van der Waals surface area contributed by atoms with Gasteiger partial charge >= 0.3 is 0 Å². The second-order valence-corrected chi connectivity index (χ2v) is 6.46. The van der Waals surface area contributed by atoms with Gasteiger partial charge in [0.15, 0.2) is 0 Å². The van der Waals surface area contributed by atoms with E-state index in [0.717, 1.165) is 16.7 Å². The van der Waals surface area contributed by atoms with Crippen LogP contribution in [0.1, 0.15) is 27.0 Å². The Morgan fingerprint density at radius 2 is 1.90 bits per heavy atom. The summed E-state index contributed by atoms with van der Waals surface area (Å²) in [6.45, 7) is 2.54. The van der Waals surface area contributed by atoms with Gasteiger partial charge in [0.1, 0.15) is 0 Å². The van der Waals surface area contributed by atoms with Gasteiger partial charge < -0.3 is 5.32 Å². The van der Waals surface area contributed by atoms with Crippen molar-refractivity contribution in [3.05, 3.63) is 70.8 Å². The summed E-state index contributed by atoms with van der Waals surface area (Å²) in [5.74, 6) is 0.362. The number of amides is 1. The Morgan fingerprint density at radius 3 is 2.62 bits per heavy atom. The van der Waals surface area contributed by atoms with Crippen LogP contribution < -0.4 is 5.32 Å². The molecule has 0 spiro atoms. The molecule has 0 radical (unpaired) electrons. The Balaban J connectivity index is 2.03. The largest absolute Gasteiger partial charge is 0.348 e. The molecule has 0 aliphatic carbocycles. The third-order valence-electron chi connectivity index (χ3n) is 3.26. The van der Waals surface area contributed by atoms with E-state index in [-0.39, 0.29) is 5.91 Å². The minimum Gasteiger partial charge on any atom is -0.348 e. The van der Waals surface area contributed by atoms with Crippen LogP contribution in [0.2, 0.25) is 0 Å². The van der Waals surface area contributed by atoms with Gasteiger partial charge in [-0.05, 0) is 35.7 Å². The van der Waals surface area contributed by atoms with Crippen LogP contribution in [0.3, 0.4) is 0 Å². The number of benzene rings is 2. The monoisotopic (exact) mass is 301 g/mol. The first-order valence-electron chi connectivity index (χ1n) is 6.78. The lowest BCUT2D eigenvalue weighted by Crippen LogP contribution is -2.23. The Hall–Kier alpha value is -1.94. The maximum atomic E-state index is 12.2. The summed E-state index contributed by atoms with van der Waals surface area (Å²) in [5.41, 5.74) is 3.79. The van der Waals surface area contributed by atoms with E-state index in [1.807, 2.05) is 43.3 Å². The van der Waals surface area contributed by atoms with Crippen molar-refractivity contribution in [3.8, 4) is 0 Å². The third kappa shape index (κ3) is 4.53. The molecule has 0 saturated carbocycles. The molecule has 1 atom stereocenters. The highest BCUT2D eigenvalue weighted by atomic mass is 32.2. The second-order valence-electron chi connectivity index (χ2n) is 5.03. The highest BCUT2D eigenvalue weighted by Gasteiger charge is 2.07. The number of carbonyl (C=O) groups excluding carboxylic acids is 1. The zero-order valence-electron chi connectivity index (χ0n) is 12.3. The summed E-state index contributed by atoms with van der Waals surface area (Å²) in [7, 11) is -0.906. The van der Waals surface area contributed by atoms with Gasteiger partial charge in [-0.3, -0.25) is 9.00 Å². The van der Waals surface area contributed by atoms with Gasteiger partial charge in [0, 0.05) is 34.9 Å². The maximum absolute atomic E-state index is 12.2. The molecule has 2 rings (SSSR count). The molecule has 0 aliphatic rings. The zero-order chi connectivity index (χ0) is 15.2. The van der Waals surface area contributed by atoms with Crippen LogP contribution in [0.15, 0.2) is 48.5 Å². The van der Waals surface area contributed by atoms with Crippen molar-refractivity contribution in [1.82, 2.24) is 5.32 Å². The summed E-state index contributed by atoms with van der Waals surface area (Å²) in [6.07, 6.45) is 1.66. The van der Waals surface area contributed by atoms with E-state index >= 15 is 0 Å². The predicted octanol–water partition coefficient (Wildman–Crippen LogP) is 2.80. The summed E-state index contributed by atoms with van der Waals surface area (Å²) >= 11 is 0. The van der Waals surface area contributed by atoms with Crippen molar-refractivity contribution in [2.24, 2.45) is 0 Å². The SMILES string of the molecule is Cc1ccccc1CNC(=O)c1cccc(C[S@@](C)=O)c1. The van der Waals surface area contributed by atoms with E-state index < -0.39 is 10.8 Å². The number of hydrogen-bond acceptors (Lipinski definition) is 2. The molecule has 0 fully saturated rings. The number of nitrogens with one attached hydrogen (secondary N) is 1. The minimum atomic E-state index is -0.906. The molecule has 2 aromatic carbocycles. The number of carbonyl (C=O) groups is 1. The summed E-state index contributed by atoms with van der Waals surface area (Å²) in [6, 6.07) is 15.3.